The Balaban J connectivity index is 1.90. The van der Waals surface area contributed by atoms with Crippen LogP contribution in [0.3, 0.4) is 0 Å². The van der Waals surface area contributed by atoms with Crippen molar-refractivity contribution < 1.29 is 14.1 Å². The summed E-state index contributed by atoms with van der Waals surface area (Å²) in [7, 11) is 0. The van der Waals surface area contributed by atoms with E-state index in [0.717, 1.165) is 18.8 Å². The summed E-state index contributed by atoms with van der Waals surface area (Å²) in [6.07, 6.45) is 0. The first-order valence-corrected chi connectivity index (χ1v) is 5.73. The third-order valence-electron chi connectivity index (χ3n) is 2.85. The summed E-state index contributed by atoms with van der Waals surface area (Å²) in [4.78, 5) is 14.0. The molecule has 1 fully saturated rings. The number of nitrogens with one attached hydrogen (secondary N) is 1. The van der Waals surface area contributed by atoms with E-state index in [1.807, 2.05) is 13.8 Å². The van der Waals surface area contributed by atoms with Crippen LogP contribution in [0.1, 0.15) is 12.6 Å². The predicted molar refractivity (Wildman–Crippen MR) is 61.7 cm³/mol. The molecule has 1 saturated heterocycles. The van der Waals surface area contributed by atoms with Crippen LogP contribution in [0.4, 0.5) is 5.88 Å². The molecular weight excluding hydrogens is 222 g/mol. The number of anilines is 1. The summed E-state index contributed by atoms with van der Waals surface area (Å²) in [5.41, 5.74) is 0.749. The maximum absolute atomic E-state index is 11.9. The fraction of sp³-hybridized carbons (Fsp3) is 0.636. The van der Waals surface area contributed by atoms with Gasteiger partial charge in [-0.25, -0.2) is 0 Å². The van der Waals surface area contributed by atoms with Gasteiger partial charge in [0, 0.05) is 19.2 Å². The van der Waals surface area contributed by atoms with E-state index in [0.29, 0.717) is 19.1 Å². The lowest BCUT2D eigenvalue weighted by Gasteiger charge is -2.30. The van der Waals surface area contributed by atoms with E-state index < -0.39 is 0 Å². The van der Waals surface area contributed by atoms with Crippen molar-refractivity contribution in [3.05, 3.63) is 11.8 Å². The van der Waals surface area contributed by atoms with Crippen LogP contribution < -0.4 is 5.32 Å². The van der Waals surface area contributed by atoms with Crippen LogP contribution in [-0.2, 0) is 9.53 Å². The van der Waals surface area contributed by atoms with E-state index >= 15 is 0 Å². The first-order chi connectivity index (χ1) is 8.16. The van der Waals surface area contributed by atoms with Crippen LogP contribution in [0.15, 0.2) is 10.6 Å². The van der Waals surface area contributed by atoms with Crippen LogP contribution in [0.5, 0.6) is 0 Å². The largest absolute Gasteiger partial charge is 0.379 e. The highest BCUT2D eigenvalue weighted by atomic mass is 16.5. The molecule has 94 valence electrons. The zero-order chi connectivity index (χ0) is 12.3. The van der Waals surface area contributed by atoms with Crippen molar-refractivity contribution in [2.45, 2.75) is 19.9 Å². The average molecular weight is 239 g/mol. The topological polar surface area (TPSA) is 67.6 Å². The summed E-state index contributed by atoms with van der Waals surface area (Å²) in [5, 5.41) is 6.43. The molecular formula is C11H17N3O3. The predicted octanol–water partition coefficient (Wildman–Crippen LogP) is 0.642. The van der Waals surface area contributed by atoms with E-state index in [2.05, 4.69) is 15.4 Å². The highest BCUT2D eigenvalue weighted by molar-refractivity contribution is 5.93. The Morgan fingerprint density at radius 2 is 2.24 bits per heavy atom. The summed E-state index contributed by atoms with van der Waals surface area (Å²) in [6.45, 7) is 6.61. The molecule has 1 aliphatic heterocycles. The van der Waals surface area contributed by atoms with Crippen LogP contribution in [-0.4, -0.2) is 48.3 Å². The van der Waals surface area contributed by atoms with Gasteiger partial charge in [0.25, 0.3) is 0 Å². The number of rotatable bonds is 3. The summed E-state index contributed by atoms with van der Waals surface area (Å²) in [5.74, 6) is 0.315. The van der Waals surface area contributed by atoms with Crippen LogP contribution >= 0.6 is 0 Å². The van der Waals surface area contributed by atoms with Crippen LogP contribution in [0.25, 0.3) is 0 Å². The van der Waals surface area contributed by atoms with Gasteiger partial charge in [0.1, 0.15) is 0 Å². The van der Waals surface area contributed by atoms with Gasteiger partial charge in [-0.05, 0) is 13.8 Å². The number of aromatic nitrogens is 1. The SMILES string of the molecule is Cc1cc(NC(=O)[C@@H](C)N2CCOCC2)on1. The van der Waals surface area contributed by atoms with Gasteiger partial charge < -0.3 is 9.26 Å². The Morgan fingerprint density at radius 3 is 2.82 bits per heavy atom. The lowest BCUT2D eigenvalue weighted by Crippen LogP contribution is -2.47. The van der Waals surface area contributed by atoms with Gasteiger partial charge in [-0.2, -0.15) is 0 Å². The Labute approximate surface area is 99.9 Å². The van der Waals surface area contributed by atoms with Gasteiger partial charge in [-0.3, -0.25) is 15.0 Å². The highest BCUT2D eigenvalue weighted by Gasteiger charge is 2.23. The quantitative estimate of drug-likeness (QED) is 0.838. The second kappa shape index (κ2) is 5.29. The molecule has 0 aromatic carbocycles. The zero-order valence-corrected chi connectivity index (χ0v) is 10.1. The third kappa shape index (κ3) is 3.04. The van der Waals surface area contributed by atoms with E-state index in [-0.39, 0.29) is 11.9 Å². The number of morpholine rings is 1. The van der Waals surface area contributed by atoms with Gasteiger partial charge in [0.15, 0.2) is 0 Å². The molecule has 0 spiro atoms. The second-order valence-corrected chi connectivity index (χ2v) is 4.15. The molecule has 6 heteroatoms. The standard InChI is InChI=1S/C11H17N3O3/c1-8-7-10(17-13-8)12-11(15)9(2)14-3-5-16-6-4-14/h7,9H,3-6H2,1-2H3,(H,12,15)/t9-/m1/s1. The van der Waals surface area contributed by atoms with Crippen molar-refractivity contribution in [1.29, 1.82) is 0 Å². The van der Waals surface area contributed by atoms with Gasteiger partial charge in [-0.1, -0.05) is 5.16 Å². The average Bonchev–Trinajstić information content (AvgIpc) is 2.75. The van der Waals surface area contributed by atoms with Crippen molar-refractivity contribution in [2.75, 3.05) is 31.6 Å². The minimum atomic E-state index is -0.190. The van der Waals surface area contributed by atoms with Crippen molar-refractivity contribution in [1.82, 2.24) is 10.1 Å². The van der Waals surface area contributed by atoms with E-state index in [1.165, 1.54) is 0 Å². The smallest absolute Gasteiger partial charge is 0.243 e. The molecule has 1 atom stereocenters. The maximum Gasteiger partial charge on any atom is 0.243 e. The number of aryl methyl sites for hydroxylation is 1. The first-order valence-electron chi connectivity index (χ1n) is 5.73. The number of nitrogens with zero attached hydrogens (tertiary/aromatic N) is 2. The molecule has 1 N–H and O–H groups in total. The zero-order valence-electron chi connectivity index (χ0n) is 10.1. The number of ether oxygens (including phenoxy) is 1. The Hall–Kier alpha value is -1.40. The van der Waals surface area contributed by atoms with Gasteiger partial charge in [0.05, 0.1) is 24.9 Å². The van der Waals surface area contributed by atoms with Gasteiger partial charge in [-0.15, -0.1) is 0 Å². The molecule has 17 heavy (non-hydrogen) atoms. The maximum atomic E-state index is 11.9. The molecule has 1 aliphatic rings. The van der Waals surface area contributed by atoms with Crippen molar-refractivity contribution in [3.63, 3.8) is 0 Å². The molecule has 0 bridgehead atoms. The van der Waals surface area contributed by atoms with Crippen molar-refractivity contribution >= 4 is 11.8 Å². The van der Waals surface area contributed by atoms with Gasteiger partial charge in [0.2, 0.25) is 11.8 Å². The minimum Gasteiger partial charge on any atom is -0.379 e. The molecule has 0 radical (unpaired) electrons. The highest BCUT2D eigenvalue weighted by Crippen LogP contribution is 2.11. The molecule has 2 heterocycles. The molecule has 0 unspecified atom stereocenters. The second-order valence-electron chi connectivity index (χ2n) is 4.15. The van der Waals surface area contributed by atoms with E-state index in [1.54, 1.807) is 6.07 Å². The normalized spacial score (nSPS) is 18.9. The lowest BCUT2D eigenvalue weighted by atomic mass is 10.2. The first kappa shape index (κ1) is 12.1. The number of hydrogen-bond donors (Lipinski definition) is 1. The Morgan fingerprint density at radius 1 is 1.53 bits per heavy atom. The lowest BCUT2D eigenvalue weighted by molar-refractivity contribution is -0.122. The molecule has 1 aromatic rings. The monoisotopic (exact) mass is 239 g/mol. The van der Waals surface area contributed by atoms with Gasteiger partial charge >= 0.3 is 0 Å². The molecule has 1 aromatic heterocycles. The van der Waals surface area contributed by atoms with Crippen molar-refractivity contribution in [3.8, 4) is 0 Å². The molecule has 1 amide bonds. The Bertz CT molecular complexity index is 385. The number of carbonyl (C=O) groups excluding carboxylic acids is 1. The fourth-order valence-corrected chi connectivity index (χ4v) is 1.78. The molecule has 2 rings (SSSR count). The minimum absolute atomic E-state index is 0.0805. The summed E-state index contributed by atoms with van der Waals surface area (Å²) >= 11 is 0. The van der Waals surface area contributed by atoms with Crippen LogP contribution in [0, 0.1) is 6.92 Å². The van der Waals surface area contributed by atoms with Crippen LogP contribution in [0.2, 0.25) is 0 Å². The van der Waals surface area contributed by atoms with E-state index in [4.69, 9.17) is 9.26 Å². The third-order valence-corrected chi connectivity index (χ3v) is 2.85. The summed E-state index contributed by atoms with van der Waals surface area (Å²) < 4.78 is 10.2. The number of amides is 1. The molecule has 0 aliphatic carbocycles. The van der Waals surface area contributed by atoms with E-state index in [9.17, 15) is 4.79 Å². The molecule has 6 nitrogen and oxygen atoms in total. The number of hydrogen-bond acceptors (Lipinski definition) is 5. The summed E-state index contributed by atoms with van der Waals surface area (Å²) in [6, 6.07) is 1.51. The molecule has 0 saturated carbocycles. The van der Waals surface area contributed by atoms with Crippen molar-refractivity contribution in [2.24, 2.45) is 0 Å². The Kier molecular flexibility index (Phi) is 3.75. The fourth-order valence-electron chi connectivity index (χ4n) is 1.78. The number of carbonyl (C=O) groups is 1.